The highest BCUT2D eigenvalue weighted by Gasteiger charge is 2.35. The SMILES string of the molecule is COc1ccc([C@H](O)C[C@@H]2c3c(cc4c(c3OC)OCO4)CCN2C)cc1. The Bertz CT molecular complexity index is 820. The van der Waals surface area contributed by atoms with Gasteiger partial charge in [-0.2, -0.15) is 0 Å². The molecule has 2 atom stereocenters. The normalized spacial score (nSPS) is 19.5. The van der Waals surface area contributed by atoms with Crippen molar-refractivity contribution in [3.05, 3.63) is 47.0 Å². The summed E-state index contributed by atoms with van der Waals surface area (Å²) in [7, 11) is 5.37. The maximum Gasteiger partial charge on any atom is 0.231 e. The van der Waals surface area contributed by atoms with Gasteiger partial charge in [-0.3, -0.25) is 4.90 Å². The van der Waals surface area contributed by atoms with Gasteiger partial charge in [-0.15, -0.1) is 0 Å². The quantitative estimate of drug-likeness (QED) is 0.872. The van der Waals surface area contributed by atoms with Gasteiger partial charge in [0.25, 0.3) is 0 Å². The summed E-state index contributed by atoms with van der Waals surface area (Å²) in [4.78, 5) is 2.26. The second kappa shape index (κ2) is 7.29. The maximum atomic E-state index is 10.9. The Morgan fingerprint density at radius 1 is 1.19 bits per heavy atom. The fraction of sp³-hybridized carbons (Fsp3) is 0.429. The van der Waals surface area contributed by atoms with E-state index >= 15 is 0 Å². The lowest BCUT2D eigenvalue weighted by molar-refractivity contribution is 0.107. The Morgan fingerprint density at radius 3 is 2.67 bits per heavy atom. The van der Waals surface area contributed by atoms with Crippen molar-refractivity contribution in [1.82, 2.24) is 4.90 Å². The van der Waals surface area contributed by atoms with Crippen LogP contribution >= 0.6 is 0 Å². The van der Waals surface area contributed by atoms with Crippen LogP contribution in [0, 0.1) is 0 Å². The predicted molar refractivity (Wildman–Crippen MR) is 101 cm³/mol. The number of hydrogen-bond acceptors (Lipinski definition) is 6. The third-order valence-electron chi connectivity index (χ3n) is 5.49. The smallest absolute Gasteiger partial charge is 0.231 e. The number of methoxy groups -OCH3 is 2. The largest absolute Gasteiger partial charge is 0.497 e. The second-order valence-corrected chi connectivity index (χ2v) is 6.99. The standard InChI is InChI=1S/C21H25NO5/c1-22-9-8-14-10-18-20(27-12-26-18)21(25-3)19(14)16(22)11-17(23)13-4-6-15(24-2)7-5-13/h4-7,10,16-17,23H,8-9,11-12H2,1-3H3/t16-,17-/m1/s1. The molecule has 2 aliphatic rings. The van der Waals surface area contributed by atoms with Crippen LogP contribution in [0.15, 0.2) is 30.3 Å². The van der Waals surface area contributed by atoms with Gasteiger partial charge in [0.05, 0.1) is 20.3 Å². The molecule has 0 fully saturated rings. The molecule has 2 heterocycles. The van der Waals surface area contributed by atoms with Gasteiger partial charge >= 0.3 is 0 Å². The number of nitrogens with zero attached hydrogens (tertiary/aromatic N) is 1. The van der Waals surface area contributed by atoms with Crippen molar-refractivity contribution >= 4 is 0 Å². The summed E-state index contributed by atoms with van der Waals surface area (Å²) in [6.07, 6.45) is 0.879. The minimum atomic E-state index is -0.593. The topological polar surface area (TPSA) is 60.4 Å². The molecule has 2 aliphatic heterocycles. The van der Waals surface area contributed by atoms with Crippen LogP contribution in [-0.2, 0) is 6.42 Å². The third kappa shape index (κ3) is 3.19. The number of rotatable bonds is 5. The summed E-state index contributed by atoms with van der Waals surface area (Å²) < 4.78 is 22.1. The number of benzene rings is 2. The third-order valence-corrected chi connectivity index (χ3v) is 5.49. The highest BCUT2D eigenvalue weighted by atomic mass is 16.7. The summed E-state index contributed by atoms with van der Waals surface area (Å²) in [6, 6.07) is 9.63. The molecule has 6 nitrogen and oxygen atoms in total. The molecule has 2 aromatic carbocycles. The van der Waals surface area contributed by atoms with Crippen molar-refractivity contribution in [3.8, 4) is 23.0 Å². The van der Waals surface area contributed by atoms with E-state index in [0.717, 1.165) is 41.3 Å². The number of aliphatic hydroxyl groups excluding tert-OH is 1. The monoisotopic (exact) mass is 371 g/mol. The summed E-state index contributed by atoms with van der Waals surface area (Å²) >= 11 is 0. The summed E-state index contributed by atoms with van der Waals surface area (Å²) in [6.45, 7) is 1.12. The first-order chi connectivity index (χ1) is 13.1. The zero-order valence-electron chi connectivity index (χ0n) is 15.9. The van der Waals surface area contributed by atoms with Crippen molar-refractivity contribution in [1.29, 1.82) is 0 Å². The molecule has 0 unspecified atom stereocenters. The van der Waals surface area contributed by atoms with Gasteiger partial charge in [0, 0.05) is 18.2 Å². The van der Waals surface area contributed by atoms with Crippen molar-refractivity contribution in [3.63, 3.8) is 0 Å². The molecule has 27 heavy (non-hydrogen) atoms. The maximum absolute atomic E-state index is 10.9. The van der Waals surface area contributed by atoms with Crippen LogP contribution in [0.4, 0.5) is 0 Å². The number of fused-ring (bicyclic) bond motifs is 2. The second-order valence-electron chi connectivity index (χ2n) is 6.99. The van der Waals surface area contributed by atoms with E-state index in [2.05, 4.69) is 18.0 Å². The first-order valence-electron chi connectivity index (χ1n) is 9.14. The summed E-state index contributed by atoms with van der Waals surface area (Å²) in [5.74, 6) is 2.90. The van der Waals surface area contributed by atoms with E-state index in [1.807, 2.05) is 24.3 Å². The van der Waals surface area contributed by atoms with Crippen LogP contribution < -0.4 is 18.9 Å². The molecule has 0 amide bonds. The van der Waals surface area contributed by atoms with Gasteiger partial charge in [0.15, 0.2) is 11.5 Å². The Hall–Kier alpha value is -2.44. The molecular formula is C21H25NO5. The molecule has 0 bridgehead atoms. The van der Waals surface area contributed by atoms with Crippen LogP contribution in [0.5, 0.6) is 23.0 Å². The van der Waals surface area contributed by atoms with E-state index in [4.69, 9.17) is 18.9 Å². The molecule has 4 rings (SSSR count). The molecule has 6 heteroatoms. The lowest BCUT2D eigenvalue weighted by Crippen LogP contribution is -2.33. The number of aliphatic hydroxyl groups is 1. The summed E-state index contributed by atoms with van der Waals surface area (Å²) in [5, 5.41) is 10.9. The molecular weight excluding hydrogens is 346 g/mol. The van der Waals surface area contributed by atoms with Crippen molar-refractivity contribution < 1.29 is 24.1 Å². The first kappa shape index (κ1) is 17.9. The number of likely N-dealkylation sites (N-methyl/N-ethyl adjacent to an activating group) is 1. The molecule has 0 saturated carbocycles. The van der Waals surface area contributed by atoms with Crippen LogP contribution in [-0.4, -0.2) is 44.6 Å². The molecule has 1 N–H and O–H groups in total. The molecule has 0 radical (unpaired) electrons. The zero-order chi connectivity index (χ0) is 19.0. The van der Waals surface area contributed by atoms with Gasteiger partial charge in [-0.1, -0.05) is 12.1 Å². The van der Waals surface area contributed by atoms with Crippen LogP contribution in [0.2, 0.25) is 0 Å². The minimum Gasteiger partial charge on any atom is -0.497 e. The van der Waals surface area contributed by atoms with E-state index < -0.39 is 6.10 Å². The van der Waals surface area contributed by atoms with Gasteiger partial charge in [0.1, 0.15) is 5.75 Å². The van der Waals surface area contributed by atoms with E-state index in [9.17, 15) is 5.11 Å². The molecule has 0 spiro atoms. The van der Waals surface area contributed by atoms with Crippen molar-refractivity contribution in [2.24, 2.45) is 0 Å². The molecule has 2 aromatic rings. The van der Waals surface area contributed by atoms with Gasteiger partial charge in [-0.05, 0) is 49.2 Å². The van der Waals surface area contributed by atoms with Crippen molar-refractivity contribution in [2.75, 3.05) is 34.6 Å². The minimum absolute atomic E-state index is 0.0234. The van der Waals surface area contributed by atoms with Gasteiger partial charge in [0.2, 0.25) is 12.5 Å². The van der Waals surface area contributed by atoms with E-state index in [1.54, 1.807) is 14.2 Å². The lowest BCUT2D eigenvalue weighted by atomic mass is 9.87. The molecule has 0 aromatic heterocycles. The molecule has 0 saturated heterocycles. The number of hydrogen-bond donors (Lipinski definition) is 1. The predicted octanol–water partition coefficient (Wildman–Crippen LogP) is 3.09. The zero-order valence-corrected chi connectivity index (χ0v) is 15.9. The molecule has 144 valence electrons. The average Bonchev–Trinajstić information content (AvgIpc) is 3.16. The highest BCUT2D eigenvalue weighted by Crippen LogP contribution is 2.50. The molecule has 0 aliphatic carbocycles. The highest BCUT2D eigenvalue weighted by molar-refractivity contribution is 5.61. The van der Waals surface area contributed by atoms with E-state index in [0.29, 0.717) is 12.2 Å². The average molecular weight is 371 g/mol. The van der Waals surface area contributed by atoms with Gasteiger partial charge < -0.3 is 24.1 Å². The Labute approximate surface area is 159 Å². The Morgan fingerprint density at radius 2 is 1.96 bits per heavy atom. The van der Waals surface area contributed by atoms with Crippen LogP contribution in [0.3, 0.4) is 0 Å². The van der Waals surface area contributed by atoms with Crippen LogP contribution in [0.1, 0.15) is 35.3 Å². The Kier molecular flexibility index (Phi) is 4.85. The number of ether oxygens (including phenoxy) is 4. The van der Waals surface area contributed by atoms with Crippen molar-refractivity contribution in [2.45, 2.75) is 25.0 Å². The first-order valence-corrected chi connectivity index (χ1v) is 9.14. The van der Waals surface area contributed by atoms with Crippen LogP contribution in [0.25, 0.3) is 0 Å². The summed E-state index contributed by atoms with van der Waals surface area (Å²) in [5.41, 5.74) is 3.15. The van der Waals surface area contributed by atoms with Gasteiger partial charge in [-0.25, -0.2) is 0 Å². The van der Waals surface area contributed by atoms with E-state index in [1.165, 1.54) is 5.56 Å². The fourth-order valence-electron chi connectivity index (χ4n) is 4.00. The Balaban J connectivity index is 1.67. The van der Waals surface area contributed by atoms with E-state index in [-0.39, 0.29) is 12.8 Å². The fourth-order valence-corrected chi connectivity index (χ4v) is 4.00. The lowest BCUT2D eigenvalue weighted by Gasteiger charge is -2.37.